The fourth-order valence-electron chi connectivity index (χ4n) is 0.931. The molecule has 0 amide bonds. The monoisotopic (exact) mass is 208 g/mol. The second-order valence-electron chi connectivity index (χ2n) is 2.41. The molecule has 4 nitrogen and oxygen atoms in total. The van der Waals surface area contributed by atoms with Crippen LogP contribution in [0.5, 0.6) is 0 Å². The summed E-state index contributed by atoms with van der Waals surface area (Å²) >= 11 is 4.02. The van der Waals surface area contributed by atoms with Crippen molar-refractivity contribution >= 4 is 18.6 Å². The van der Waals surface area contributed by atoms with E-state index in [1.54, 1.807) is 6.92 Å². The second-order valence-corrected chi connectivity index (χ2v) is 2.90. The maximum Gasteiger partial charge on any atom is 0.341 e. The fourth-order valence-corrected chi connectivity index (χ4v) is 1.17. The van der Waals surface area contributed by atoms with Gasteiger partial charge in [-0.3, -0.25) is 4.98 Å². The van der Waals surface area contributed by atoms with Crippen molar-refractivity contribution in [2.75, 3.05) is 6.61 Å². The summed E-state index contributed by atoms with van der Waals surface area (Å²) in [6.45, 7) is 1.96. The van der Waals surface area contributed by atoms with Gasteiger partial charge >= 0.3 is 5.97 Å². The van der Waals surface area contributed by atoms with E-state index in [0.717, 1.165) is 0 Å². The Morgan fingerprint density at radius 1 is 1.71 bits per heavy atom. The van der Waals surface area contributed by atoms with Crippen molar-refractivity contribution in [3.05, 3.63) is 23.5 Å². The van der Waals surface area contributed by atoms with Gasteiger partial charge in [0.2, 0.25) is 0 Å². The molecule has 1 heterocycles. The van der Waals surface area contributed by atoms with Crippen LogP contribution in [0.1, 0.15) is 22.8 Å². The average Bonchev–Trinajstić information content (AvgIpc) is 2.17. The van der Waals surface area contributed by atoms with E-state index in [4.69, 9.17) is 10.00 Å². The van der Waals surface area contributed by atoms with E-state index >= 15 is 0 Å². The van der Waals surface area contributed by atoms with E-state index < -0.39 is 5.97 Å². The van der Waals surface area contributed by atoms with E-state index in [1.165, 1.54) is 12.4 Å². The SMILES string of the molecule is CCOC(=O)c1cncc(S)c1C#N. The summed E-state index contributed by atoms with van der Waals surface area (Å²) in [7, 11) is 0. The van der Waals surface area contributed by atoms with Gasteiger partial charge in [-0.15, -0.1) is 12.6 Å². The lowest BCUT2D eigenvalue weighted by molar-refractivity contribution is 0.0525. The van der Waals surface area contributed by atoms with Gasteiger partial charge in [-0.05, 0) is 6.92 Å². The number of carbonyl (C=O) groups is 1. The highest BCUT2D eigenvalue weighted by atomic mass is 32.1. The average molecular weight is 208 g/mol. The van der Waals surface area contributed by atoms with Crippen molar-refractivity contribution in [1.29, 1.82) is 5.26 Å². The Morgan fingerprint density at radius 3 is 3.00 bits per heavy atom. The van der Waals surface area contributed by atoms with Crippen LogP contribution in [-0.2, 0) is 4.74 Å². The predicted octanol–water partition coefficient (Wildman–Crippen LogP) is 1.42. The molecule has 0 aliphatic carbocycles. The summed E-state index contributed by atoms with van der Waals surface area (Å²) in [5, 5.41) is 8.78. The normalized spacial score (nSPS) is 9.21. The first-order valence-corrected chi connectivity index (χ1v) is 4.39. The Morgan fingerprint density at radius 2 is 2.43 bits per heavy atom. The van der Waals surface area contributed by atoms with Crippen LogP contribution in [0.4, 0.5) is 0 Å². The number of hydrogen-bond donors (Lipinski definition) is 1. The molecule has 1 aromatic rings. The highest BCUT2D eigenvalue weighted by Gasteiger charge is 2.14. The molecule has 0 fully saturated rings. The summed E-state index contributed by atoms with van der Waals surface area (Å²) in [6, 6.07) is 1.89. The van der Waals surface area contributed by atoms with Crippen LogP contribution in [0.25, 0.3) is 0 Å². The molecule has 0 spiro atoms. The molecular weight excluding hydrogens is 200 g/mol. The lowest BCUT2D eigenvalue weighted by Gasteiger charge is -2.03. The van der Waals surface area contributed by atoms with Gasteiger partial charge in [0.05, 0.1) is 17.7 Å². The molecule has 0 N–H and O–H groups in total. The van der Waals surface area contributed by atoms with E-state index in [0.29, 0.717) is 4.90 Å². The topological polar surface area (TPSA) is 63.0 Å². The fraction of sp³-hybridized carbons (Fsp3) is 0.222. The molecule has 0 bridgehead atoms. The van der Waals surface area contributed by atoms with E-state index in [-0.39, 0.29) is 17.7 Å². The summed E-state index contributed by atoms with van der Waals surface area (Å²) < 4.78 is 4.76. The molecule has 0 radical (unpaired) electrons. The van der Waals surface area contributed by atoms with Crippen molar-refractivity contribution in [1.82, 2.24) is 4.98 Å². The summed E-state index contributed by atoms with van der Waals surface area (Å²) in [5.74, 6) is -0.549. The van der Waals surface area contributed by atoms with E-state index in [1.807, 2.05) is 6.07 Å². The molecular formula is C9H8N2O2S. The van der Waals surface area contributed by atoms with Crippen LogP contribution in [-0.4, -0.2) is 17.6 Å². The third kappa shape index (κ3) is 2.03. The molecule has 5 heteroatoms. The van der Waals surface area contributed by atoms with Gasteiger partial charge in [-0.1, -0.05) is 0 Å². The minimum absolute atomic E-state index is 0.154. The molecule has 0 saturated heterocycles. The molecule has 14 heavy (non-hydrogen) atoms. The zero-order valence-electron chi connectivity index (χ0n) is 7.52. The lowest BCUT2D eigenvalue weighted by atomic mass is 10.1. The molecule has 0 atom stereocenters. The molecule has 0 aliphatic rings. The van der Waals surface area contributed by atoms with Gasteiger partial charge < -0.3 is 4.74 Å². The molecule has 1 aromatic heterocycles. The molecule has 0 unspecified atom stereocenters. The zero-order chi connectivity index (χ0) is 10.6. The van der Waals surface area contributed by atoms with Crippen LogP contribution in [0.2, 0.25) is 0 Å². The Bertz CT molecular complexity index is 398. The smallest absolute Gasteiger partial charge is 0.341 e. The number of carbonyl (C=O) groups excluding carboxylic acids is 1. The number of rotatable bonds is 2. The second kappa shape index (κ2) is 4.63. The van der Waals surface area contributed by atoms with Crippen LogP contribution in [0, 0.1) is 11.3 Å². The predicted molar refractivity (Wildman–Crippen MR) is 52.2 cm³/mol. The lowest BCUT2D eigenvalue weighted by Crippen LogP contribution is -2.07. The molecule has 0 aromatic carbocycles. The van der Waals surface area contributed by atoms with Gasteiger partial charge in [0, 0.05) is 17.3 Å². The summed E-state index contributed by atoms with van der Waals surface area (Å²) in [4.78, 5) is 15.5. The van der Waals surface area contributed by atoms with Crippen molar-refractivity contribution in [2.24, 2.45) is 0 Å². The summed E-state index contributed by atoms with van der Waals surface area (Å²) in [6.07, 6.45) is 2.71. The van der Waals surface area contributed by atoms with Gasteiger partial charge in [0.15, 0.2) is 0 Å². The van der Waals surface area contributed by atoms with E-state index in [2.05, 4.69) is 17.6 Å². The van der Waals surface area contributed by atoms with Gasteiger partial charge in [0.25, 0.3) is 0 Å². The Balaban J connectivity index is 3.15. The number of nitrogens with zero attached hydrogens (tertiary/aromatic N) is 2. The third-order valence-electron chi connectivity index (χ3n) is 1.53. The third-order valence-corrected chi connectivity index (χ3v) is 1.87. The van der Waals surface area contributed by atoms with Crippen molar-refractivity contribution in [2.45, 2.75) is 11.8 Å². The van der Waals surface area contributed by atoms with Crippen molar-refractivity contribution < 1.29 is 9.53 Å². The van der Waals surface area contributed by atoms with Gasteiger partial charge in [-0.25, -0.2) is 4.79 Å². The minimum atomic E-state index is -0.549. The van der Waals surface area contributed by atoms with Crippen molar-refractivity contribution in [3.8, 4) is 6.07 Å². The van der Waals surface area contributed by atoms with Crippen molar-refractivity contribution in [3.63, 3.8) is 0 Å². The first kappa shape index (κ1) is 10.5. The highest BCUT2D eigenvalue weighted by molar-refractivity contribution is 7.80. The Labute approximate surface area is 86.9 Å². The molecule has 72 valence electrons. The largest absolute Gasteiger partial charge is 0.462 e. The van der Waals surface area contributed by atoms with Crippen LogP contribution in [0.3, 0.4) is 0 Å². The molecule has 1 rings (SSSR count). The zero-order valence-corrected chi connectivity index (χ0v) is 8.41. The Hall–Kier alpha value is -1.54. The minimum Gasteiger partial charge on any atom is -0.462 e. The van der Waals surface area contributed by atoms with Gasteiger partial charge in [-0.2, -0.15) is 5.26 Å². The first-order chi connectivity index (χ1) is 6.70. The number of nitriles is 1. The van der Waals surface area contributed by atoms with Gasteiger partial charge in [0.1, 0.15) is 6.07 Å². The van der Waals surface area contributed by atoms with E-state index in [9.17, 15) is 4.79 Å². The standard InChI is InChI=1S/C9H8N2O2S/c1-2-13-9(12)7-4-11-5-8(14)6(7)3-10/h4-5,14H,2H2,1H3. The molecule has 0 aliphatic heterocycles. The van der Waals surface area contributed by atoms with Crippen LogP contribution in [0.15, 0.2) is 17.3 Å². The highest BCUT2D eigenvalue weighted by Crippen LogP contribution is 2.16. The number of thiol groups is 1. The number of pyridine rings is 1. The quantitative estimate of drug-likeness (QED) is 0.589. The maximum absolute atomic E-state index is 11.3. The summed E-state index contributed by atoms with van der Waals surface area (Å²) in [5.41, 5.74) is 0.351. The Kier molecular flexibility index (Phi) is 3.48. The number of aromatic nitrogens is 1. The first-order valence-electron chi connectivity index (χ1n) is 3.94. The maximum atomic E-state index is 11.3. The number of esters is 1. The molecule has 0 saturated carbocycles. The number of ether oxygens (including phenoxy) is 1. The number of hydrogen-bond acceptors (Lipinski definition) is 5. The van der Waals surface area contributed by atoms with Crippen LogP contribution >= 0.6 is 12.6 Å². The van der Waals surface area contributed by atoms with Crippen LogP contribution < -0.4 is 0 Å².